The number of aryl methyl sites for hydroxylation is 1. The third-order valence-electron chi connectivity index (χ3n) is 2.86. The van der Waals surface area contributed by atoms with E-state index in [4.69, 9.17) is 5.73 Å². The molecule has 3 nitrogen and oxygen atoms in total. The van der Waals surface area contributed by atoms with Crippen molar-refractivity contribution in [1.29, 1.82) is 0 Å². The smallest absolute Gasteiger partial charge is 0.0763 e. The number of nitrogens with zero attached hydrogens (tertiary/aromatic N) is 2. The molecule has 0 atom stereocenters. The molecule has 2 rings (SSSR count). The second-order valence-corrected chi connectivity index (χ2v) is 3.71. The molecule has 1 saturated carbocycles. The zero-order chi connectivity index (χ0) is 9.26. The summed E-state index contributed by atoms with van der Waals surface area (Å²) in [5, 5.41) is 4.51. The van der Waals surface area contributed by atoms with Gasteiger partial charge in [0.2, 0.25) is 0 Å². The summed E-state index contributed by atoms with van der Waals surface area (Å²) in [6, 6.07) is 2.80. The first-order chi connectivity index (χ1) is 6.35. The lowest BCUT2D eigenvalue weighted by molar-refractivity contribution is 0.281. The molecular weight excluding hydrogens is 162 g/mol. The van der Waals surface area contributed by atoms with Gasteiger partial charge in [0.1, 0.15) is 0 Å². The first-order valence-electron chi connectivity index (χ1n) is 5.12. The molecule has 0 aliphatic heterocycles. The first-order valence-corrected chi connectivity index (χ1v) is 5.12. The molecule has 0 saturated heterocycles. The molecule has 1 aromatic heterocycles. The molecule has 0 spiro atoms. The Morgan fingerprint density at radius 2 is 2.38 bits per heavy atom. The summed E-state index contributed by atoms with van der Waals surface area (Å²) >= 11 is 0. The SMILES string of the molecule is CCc1cc(CN)nn1C1CCC1. The van der Waals surface area contributed by atoms with Gasteiger partial charge in [0.25, 0.3) is 0 Å². The minimum atomic E-state index is 0.562. The third kappa shape index (κ3) is 1.48. The number of hydrogen-bond donors (Lipinski definition) is 1. The van der Waals surface area contributed by atoms with E-state index in [1.165, 1.54) is 25.0 Å². The van der Waals surface area contributed by atoms with Gasteiger partial charge in [0.15, 0.2) is 0 Å². The maximum absolute atomic E-state index is 5.57. The number of aromatic nitrogens is 2. The van der Waals surface area contributed by atoms with Crippen LogP contribution in [-0.2, 0) is 13.0 Å². The molecule has 0 bridgehead atoms. The standard InChI is InChI=1S/C10H17N3/c1-2-9-6-8(7-11)12-13(9)10-4-3-5-10/h6,10H,2-5,7,11H2,1H3. The average Bonchev–Trinajstić information content (AvgIpc) is 2.45. The van der Waals surface area contributed by atoms with Gasteiger partial charge in [0, 0.05) is 12.2 Å². The van der Waals surface area contributed by atoms with E-state index in [1.807, 2.05) is 0 Å². The normalized spacial score (nSPS) is 17.4. The summed E-state index contributed by atoms with van der Waals surface area (Å²) in [6.07, 6.45) is 4.99. The highest BCUT2D eigenvalue weighted by Gasteiger charge is 2.22. The molecule has 13 heavy (non-hydrogen) atoms. The lowest BCUT2D eigenvalue weighted by Crippen LogP contribution is -2.20. The molecule has 1 fully saturated rings. The Balaban J connectivity index is 2.25. The third-order valence-corrected chi connectivity index (χ3v) is 2.86. The fourth-order valence-electron chi connectivity index (χ4n) is 1.80. The minimum absolute atomic E-state index is 0.562. The van der Waals surface area contributed by atoms with E-state index >= 15 is 0 Å². The number of hydrogen-bond acceptors (Lipinski definition) is 2. The van der Waals surface area contributed by atoms with Gasteiger partial charge in [-0.15, -0.1) is 0 Å². The quantitative estimate of drug-likeness (QED) is 0.766. The summed E-state index contributed by atoms with van der Waals surface area (Å²) < 4.78 is 2.19. The molecule has 72 valence electrons. The van der Waals surface area contributed by atoms with E-state index in [0.29, 0.717) is 12.6 Å². The van der Waals surface area contributed by atoms with Crippen LogP contribution in [-0.4, -0.2) is 9.78 Å². The zero-order valence-corrected chi connectivity index (χ0v) is 8.16. The van der Waals surface area contributed by atoms with Gasteiger partial charge in [0.05, 0.1) is 11.7 Å². The fraction of sp³-hybridized carbons (Fsp3) is 0.700. The van der Waals surface area contributed by atoms with Gasteiger partial charge in [-0.25, -0.2) is 0 Å². The molecule has 0 aromatic carbocycles. The number of rotatable bonds is 3. The Morgan fingerprint density at radius 1 is 1.62 bits per heavy atom. The number of nitrogens with two attached hydrogens (primary N) is 1. The van der Waals surface area contributed by atoms with Crippen LogP contribution in [0.1, 0.15) is 43.6 Å². The van der Waals surface area contributed by atoms with Gasteiger partial charge in [-0.2, -0.15) is 5.10 Å². The van der Waals surface area contributed by atoms with Gasteiger partial charge < -0.3 is 5.73 Å². The van der Waals surface area contributed by atoms with Crippen LogP contribution in [0.15, 0.2) is 6.07 Å². The Bertz CT molecular complexity index is 286. The Morgan fingerprint density at radius 3 is 2.85 bits per heavy atom. The van der Waals surface area contributed by atoms with E-state index < -0.39 is 0 Å². The van der Waals surface area contributed by atoms with Gasteiger partial charge in [-0.3, -0.25) is 4.68 Å². The van der Waals surface area contributed by atoms with Crippen LogP contribution in [0.25, 0.3) is 0 Å². The lowest BCUT2D eigenvalue weighted by Gasteiger charge is -2.27. The molecule has 1 aromatic rings. The molecule has 1 aliphatic carbocycles. The van der Waals surface area contributed by atoms with Crippen LogP contribution in [0.5, 0.6) is 0 Å². The molecule has 0 unspecified atom stereocenters. The summed E-state index contributed by atoms with van der Waals surface area (Å²) in [5.41, 5.74) is 7.94. The highest BCUT2D eigenvalue weighted by molar-refractivity contribution is 5.11. The maximum Gasteiger partial charge on any atom is 0.0763 e. The average molecular weight is 179 g/mol. The van der Waals surface area contributed by atoms with Crippen LogP contribution < -0.4 is 5.73 Å². The fourth-order valence-corrected chi connectivity index (χ4v) is 1.80. The second-order valence-electron chi connectivity index (χ2n) is 3.71. The highest BCUT2D eigenvalue weighted by atomic mass is 15.3. The van der Waals surface area contributed by atoms with E-state index in [0.717, 1.165) is 12.1 Å². The van der Waals surface area contributed by atoms with Crippen LogP contribution in [0.4, 0.5) is 0 Å². The van der Waals surface area contributed by atoms with Crippen LogP contribution in [0.2, 0.25) is 0 Å². The van der Waals surface area contributed by atoms with Crippen molar-refractivity contribution in [1.82, 2.24) is 9.78 Å². The molecule has 1 aliphatic rings. The lowest BCUT2D eigenvalue weighted by atomic mass is 9.93. The maximum atomic E-state index is 5.57. The Kier molecular flexibility index (Phi) is 2.36. The van der Waals surface area contributed by atoms with E-state index in [-0.39, 0.29) is 0 Å². The zero-order valence-electron chi connectivity index (χ0n) is 8.16. The van der Waals surface area contributed by atoms with Crippen molar-refractivity contribution in [2.45, 2.75) is 45.2 Å². The molecule has 2 N–H and O–H groups in total. The van der Waals surface area contributed by atoms with Crippen molar-refractivity contribution in [3.63, 3.8) is 0 Å². The van der Waals surface area contributed by atoms with Crippen molar-refractivity contribution in [3.05, 3.63) is 17.5 Å². The van der Waals surface area contributed by atoms with Crippen molar-refractivity contribution < 1.29 is 0 Å². The molecular formula is C10H17N3. The second kappa shape index (κ2) is 3.50. The summed E-state index contributed by atoms with van der Waals surface area (Å²) in [6.45, 7) is 2.74. The molecule has 0 amide bonds. The van der Waals surface area contributed by atoms with Crippen molar-refractivity contribution >= 4 is 0 Å². The predicted molar refractivity (Wildman–Crippen MR) is 52.4 cm³/mol. The van der Waals surface area contributed by atoms with Gasteiger partial charge in [-0.1, -0.05) is 6.92 Å². The Hall–Kier alpha value is -0.830. The molecule has 0 radical (unpaired) electrons. The van der Waals surface area contributed by atoms with Crippen LogP contribution in [0.3, 0.4) is 0 Å². The monoisotopic (exact) mass is 179 g/mol. The summed E-state index contributed by atoms with van der Waals surface area (Å²) in [7, 11) is 0. The minimum Gasteiger partial charge on any atom is -0.325 e. The van der Waals surface area contributed by atoms with Crippen molar-refractivity contribution in [2.24, 2.45) is 5.73 Å². The van der Waals surface area contributed by atoms with Crippen LogP contribution >= 0.6 is 0 Å². The first kappa shape index (κ1) is 8.75. The predicted octanol–water partition coefficient (Wildman–Crippen LogP) is 1.63. The summed E-state index contributed by atoms with van der Waals surface area (Å²) in [5.74, 6) is 0. The summed E-state index contributed by atoms with van der Waals surface area (Å²) in [4.78, 5) is 0. The van der Waals surface area contributed by atoms with Crippen molar-refractivity contribution in [2.75, 3.05) is 0 Å². The Labute approximate surface area is 78.9 Å². The van der Waals surface area contributed by atoms with Crippen molar-refractivity contribution in [3.8, 4) is 0 Å². The van der Waals surface area contributed by atoms with E-state index in [9.17, 15) is 0 Å². The topological polar surface area (TPSA) is 43.8 Å². The highest BCUT2D eigenvalue weighted by Crippen LogP contribution is 2.32. The van der Waals surface area contributed by atoms with Gasteiger partial charge in [-0.05, 0) is 31.7 Å². The molecule has 3 heteroatoms. The largest absolute Gasteiger partial charge is 0.325 e. The van der Waals surface area contributed by atoms with E-state index in [2.05, 4.69) is 22.8 Å². The van der Waals surface area contributed by atoms with E-state index in [1.54, 1.807) is 0 Å². The van der Waals surface area contributed by atoms with Crippen LogP contribution in [0, 0.1) is 0 Å². The molecule has 1 heterocycles. The van der Waals surface area contributed by atoms with Gasteiger partial charge >= 0.3 is 0 Å².